The van der Waals surface area contributed by atoms with E-state index in [2.05, 4.69) is 20.9 Å². The van der Waals surface area contributed by atoms with Crippen molar-refractivity contribution in [1.29, 1.82) is 5.26 Å². The number of anilines is 1. The highest BCUT2D eigenvalue weighted by molar-refractivity contribution is 6.30. The van der Waals surface area contributed by atoms with Crippen LogP contribution in [0, 0.1) is 11.3 Å². The zero-order valence-corrected chi connectivity index (χ0v) is 11.5. The van der Waals surface area contributed by atoms with Gasteiger partial charge in [0.15, 0.2) is 0 Å². The maximum Gasteiger partial charge on any atom is 0.128 e. The minimum Gasteiger partial charge on any atom is -0.354 e. The molecular weight excluding hydrogens is 248 g/mol. The largest absolute Gasteiger partial charge is 0.354 e. The van der Waals surface area contributed by atoms with E-state index in [1.54, 1.807) is 6.20 Å². The zero-order valence-electron chi connectivity index (χ0n) is 10.7. The summed E-state index contributed by atoms with van der Waals surface area (Å²) in [6.45, 7) is 7.46. The molecule has 2 rings (SSSR count). The van der Waals surface area contributed by atoms with Gasteiger partial charge in [0.1, 0.15) is 11.4 Å². The molecule has 0 aliphatic carbocycles. The molecule has 0 radical (unpaired) electrons. The van der Waals surface area contributed by atoms with E-state index in [9.17, 15) is 0 Å². The van der Waals surface area contributed by atoms with Crippen LogP contribution < -0.4 is 4.90 Å². The van der Waals surface area contributed by atoms with Crippen molar-refractivity contribution in [3.8, 4) is 6.07 Å². The topological polar surface area (TPSA) is 43.2 Å². The normalized spacial score (nSPS) is 17.6. The van der Waals surface area contributed by atoms with Crippen molar-refractivity contribution in [2.24, 2.45) is 0 Å². The molecule has 1 aliphatic rings. The average Bonchev–Trinajstić information content (AvgIpc) is 2.40. The molecular formula is C13H17ClN4. The van der Waals surface area contributed by atoms with Crippen molar-refractivity contribution in [2.45, 2.75) is 19.4 Å². The second-order valence-corrected chi connectivity index (χ2v) is 5.42. The van der Waals surface area contributed by atoms with Crippen molar-refractivity contribution in [2.75, 3.05) is 31.1 Å². The van der Waals surface area contributed by atoms with Crippen molar-refractivity contribution in [3.63, 3.8) is 0 Å². The third kappa shape index (κ3) is 2.74. The van der Waals surface area contributed by atoms with Crippen molar-refractivity contribution in [1.82, 2.24) is 9.88 Å². The molecule has 18 heavy (non-hydrogen) atoms. The van der Waals surface area contributed by atoms with Crippen LogP contribution in [0.1, 0.15) is 13.8 Å². The molecule has 2 heterocycles. The fourth-order valence-corrected chi connectivity index (χ4v) is 2.23. The van der Waals surface area contributed by atoms with E-state index in [4.69, 9.17) is 16.9 Å². The van der Waals surface area contributed by atoms with E-state index in [1.165, 1.54) is 0 Å². The van der Waals surface area contributed by atoms with Gasteiger partial charge in [-0.15, -0.1) is 0 Å². The van der Waals surface area contributed by atoms with Crippen LogP contribution in [0.5, 0.6) is 0 Å². The van der Waals surface area contributed by atoms with Gasteiger partial charge in [0, 0.05) is 32.4 Å². The van der Waals surface area contributed by atoms with Crippen molar-refractivity contribution < 1.29 is 0 Å². The number of nitrogens with zero attached hydrogens (tertiary/aromatic N) is 4. The predicted molar refractivity (Wildman–Crippen MR) is 72.7 cm³/mol. The molecule has 1 fully saturated rings. The molecule has 4 nitrogen and oxygen atoms in total. The van der Waals surface area contributed by atoms with E-state index in [0.717, 1.165) is 32.0 Å². The smallest absolute Gasteiger partial charge is 0.128 e. The first kappa shape index (κ1) is 13.1. The molecule has 1 saturated heterocycles. The molecule has 0 unspecified atom stereocenters. The summed E-state index contributed by atoms with van der Waals surface area (Å²) in [5, 5.41) is 9.78. The van der Waals surface area contributed by atoms with Gasteiger partial charge in [-0.05, 0) is 26.0 Å². The van der Waals surface area contributed by atoms with Gasteiger partial charge in [0.2, 0.25) is 0 Å². The van der Waals surface area contributed by atoms with Crippen LogP contribution >= 0.6 is 11.6 Å². The Bertz CT molecular complexity index is 441. The maximum atomic E-state index is 9.13. The Morgan fingerprint density at radius 1 is 1.28 bits per heavy atom. The van der Waals surface area contributed by atoms with E-state index in [0.29, 0.717) is 5.02 Å². The van der Waals surface area contributed by atoms with Gasteiger partial charge in [-0.2, -0.15) is 5.26 Å². The molecule has 1 aromatic heterocycles. The van der Waals surface area contributed by atoms with Crippen molar-refractivity contribution >= 4 is 17.4 Å². The van der Waals surface area contributed by atoms with E-state index in [1.807, 2.05) is 26.0 Å². The number of hydrogen-bond acceptors (Lipinski definition) is 4. The molecule has 1 aliphatic heterocycles. The first-order valence-corrected chi connectivity index (χ1v) is 6.43. The summed E-state index contributed by atoms with van der Waals surface area (Å²) >= 11 is 5.83. The first-order valence-electron chi connectivity index (χ1n) is 6.06. The lowest BCUT2D eigenvalue weighted by molar-refractivity contribution is 0.158. The SMILES string of the molecule is CC(C)(C#N)N1CCN(c2ccc(Cl)cn2)CC1. The standard InChI is InChI=1S/C13H17ClN4/c1-13(2,10-15)18-7-5-17(6-8-18)12-4-3-11(14)9-16-12/h3-4,9H,5-8H2,1-2H3. The lowest BCUT2D eigenvalue weighted by atomic mass is 10.0. The van der Waals surface area contributed by atoms with Crippen LogP contribution in [-0.2, 0) is 0 Å². The molecule has 0 N–H and O–H groups in total. The summed E-state index contributed by atoms with van der Waals surface area (Å²) in [6, 6.07) is 6.14. The second-order valence-electron chi connectivity index (χ2n) is 4.98. The monoisotopic (exact) mass is 264 g/mol. The molecule has 0 spiro atoms. The fraction of sp³-hybridized carbons (Fsp3) is 0.538. The highest BCUT2D eigenvalue weighted by atomic mass is 35.5. The van der Waals surface area contributed by atoms with Gasteiger partial charge in [0.25, 0.3) is 0 Å². The summed E-state index contributed by atoms with van der Waals surface area (Å²) in [7, 11) is 0. The van der Waals surface area contributed by atoms with Gasteiger partial charge < -0.3 is 4.90 Å². The minimum atomic E-state index is -0.389. The molecule has 5 heteroatoms. The fourth-order valence-electron chi connectivity index (χ4n) is 2.12. The molecule has 96 valence electrons. The van der Waals surface area contributed by atoms with Crippen LogP contribution in [-0.4, -0.2) is 41.6 Å². The summed E-state index contributed by atoms with van der Waals surface area (Å²) < 4.78 is 0. The van der Waals surface area contributed by atoms with E-state index in [-0.39, 0.29) is 5.54 Å². The molecule has 0 amide bonds. The van der Waals surface area contributed by atoms with Gasteiger partial charge in [-0.1, -0.05) is 11.6 Å². The highest BCUT2D eigenvalue weighted by Crippen LogP contribution is 2.20. The number of nitriles is 1. The van der Waals surface area contributed by atoms with Crippen molar-refractivity contribution in [3.05, 3.63) is 23.4 Å². The number of rotatable bonds is 2. The third-order valence-corrected chi connectivity index (χ3v) is 3.60. The first-order chi connectivity index (χ1) is 8.53. The summed E-state index contributed by atoms with van der Waals surface area (Å²) in [4.78, 5) is 8.75. The minimum absolute atomic E-state index is 0.389. The Labute approximate surface area is 113 Å². The Hall–Kier alpha value is -1.31. The van der Waals surface area contributed by atoms with Gasteiger partial charge in [-0.3, -0.25) is 4.90 Å². The van der Waals surface area contributed by atoms with Crippen LogP contribution in [0.25, 0.3) is 0 Å². The Morgan fingerprint density at radius 3 is 2.44 bits per heavy atom. The summed E-state index contributed by atoms with van der Waals surface area (Å²) in [5.41, 5.74) is -0.389. The number of pyridine rings is 1. The summed E-state index contributed by atoms with van der Waals surface area (Å²) in [5.74, 6) is 0.953. The van der Waals surface area contributed by atoms with Gasteiger partial charge >= 0.3 is 0 Å². The second kappa shape index (κ2) is 5.13. The quantitative estimate of drug-likeness (QED) is 0.821. The van der Waals surface area contributed by atoms with Gasteiger partial charge in [-0.25, -0.2) is 4.98 Å². The molecule has 0 saturated carbocycles. The van der Waals surface area contributed by atoms with Gasteiger partial charge in [0.05, 0.1) is 11.1 Å². The Balaban J connectivity index is 1.99. The number of piperazine rings is 1. The van der Waals surface area contributed by atoms with E-state index < -0.39 is 0 Å². The summed E-state index contributed by atoms with van der Waals surface area (Å²) in [6.07, 6.45) is 1.67. The van der Waals surface area contributed by atoms with Crippen LogP contribution in [0.4, 0.5) is 5.82 Å². The van der Waals surface area contributed by atoms with E-state index >= 15 is 0 Å². The lowest BCUT2D eigenvalue weighted by Crippen LogP contribution is -2.54. The molecule has 0 aromatic carbocycles. The zero-order chi connectivity index (χ0) is 13.2. The number of halogens is 1. The van der Waals surface area contributed by atoms with Crippen LogP contribution in [0.2, 0.25) is 5.02 Å². The number of hydrogen-bond donors (Lipinski definition) is 0. The average molecular weight is 265 g/mol. The Kier molecular flexibility index (Phi) is 3.74. The maximum absolute atomic E-state index is 9.13. The molecule has 0 bridgehead atoms. The number of aromatic nitrogens is 1. The predicted octanol–water partition coefficient (Wildman–Crippen LogP) is 2.16. The van der Waals surface area contributed by atoms with Crippen LogP contribution in [0.15, 0.2) is 18.3 Å². The molecule has 0 atom stereocenters. The third-order valence-electron chi connectivity index (χ3n) is 3.38. The molecule has 1 aromatic rings. The van der Waals surface area contributed by atoms with Crippen LogP contribution in [0.3, 0.4) is 0 Å². The Morgan fingerprint density at radius 2 is 1.94 bits per heavy atom. The highest BCUT2D eigenvalue weighted by Gasteiger charge is 2.29. The lowest BCUT2D eigenvalue weighted by Gasteiger charge is -2.40.